The number of para-hydroxylation sites is 1. The van der Waals surface area contributed by atoms with Gasteiger partial charge in [0.25, 0.3) is 0 Å². The molecule has 1 unspecified atom stereocenters. The third-order valence-electron chi connectivity index (χ3n) is 3.91. The number of aromatic nitrogens is 2. The molecule has 0 saturated carbocycles. The van der Waals surface area contributed by atoms with Crippen LogP contribution in [0, 0.1) is 5.92 Å². The van der Waals surface area contributed by atoms with Crippen LogP contribution in [0.4, 0.5) is 17.3 Å². The van der Waals surface area contributed by atoms with Crippen LogP contribution < -0.4 is 10.6 Å². The topological polar surface area (TPSA) is 55.0 Å². The predicted molar refractivity (Wildman–Crippen MR) is 82.1 cm³/mol. The molecule has 0 spiro atoms. The summed E-state index contributed by atoms with van der Waals surface area (Å²) < 4.78 is 0. The summed E-state index contributed by atoms with van der Waals surface area (Å²) in [5.41, 5.74) is 9.68. The zero-order chi connectivity index (χ0) is 14.1. The maximum atomic E-state index is 6.02. The molecule has 4 heteroatoms. The highest BCUT2D eigenvalue weighted by Crippen LogP contribution is 2.36. The third-order valence-corrected chi connectivity index (χ3v) is 3.91. The van der Waals surface area contributed by atoms with E-state index in [0.29, 0.717) is 11.7 Å². The number of hydrogen-bond donors (Lipinski definition) is 1. The molecule has 1 aromatic carbocycles. The summed E-state index contributed by atoms with van der Waals surface area (Å²) in [4.78, 5) is 10.9. The SMILES string of the molecule is CCc1c(N)ncnc1N1CC(C)Cc2ccccc21. The first-order chi connectivity index (χ1) is 9.70. The van der Waals surface area contributed by atoms with Gasteiger partial charge < -0.3 is 10.6 Å². The van der Waals surface area contributed by atoms with Crippen molar-refractivity contribution in [3.05, 3.63) is 41.7 Å². The Bertz CT molecular complexity index is 624. The van der Waals surface area contributed by atoms with E-state index in [0.717, 1.165) is 30.8 Å². The molecule has 0 aliphatic carbocycles. The van der Waals surface area contributed by atoms with Crippen molar-refractivity contribution in [2.75, 3.05) is 17.2 Å². The maximum absolute atomic E-state index is 6.02. The zero-order valence-corrected chi connectivity index (χ0v) is 12.0. The van der Waals surface area contributed by atoms with E-state index in [1.807, 2.05) is 0 Å². The van der Waals surface area contributed by atoms with E-state index in [1.165, 1.54) is 11.3 Å². The van der Waals surface area contributed by atoms with Crippen molar-refractivity contribution >= 4 is 17.3 Å². The van der Waals surface area contributed by atoms with Crippen molar-refractivity contribution in [1.29, 1.82) is 0 Å². The zero-order valence-electron chi connectivity index (χ0n) is 12.0. The Kier molecular flexibility index (Phi) is 3.30. The van der Waals surface area contributed by atoms with Crippen molar-refractivity contribution < 1.29 is 0 Å². The average Bonchev–Trinajstić information content (AvgIpc) is 2.46. The smallest absolute Gasteiger partial charge is 0.141 e. The van der Waals surface area contributed by atoms with Crippen LogP contribution in [0.25, 0.3) is 0 Å². The normalized spacial score (nSPS) is 17.9. The quantitative estimate of drug-likeness (QED) is 0.909. The number of nitrogens with zero attached hydrogens (tertiary/aromatic N) is 3. The van der Waals surface area contributed by atoms with Crippen molar-refractivity contribution in [3.63, 3.8) is 0 Å². The van der Waals surface area contributed by atoms with E-state index in [9.17, 15) is 0 Å². The minimum absolute atomic E-state index is 0.591. The van der Waals surface area contributed by atoms with E-state index < -0.39 is 0 Å². The molecule has 2 heterocycles. The van der Waals surface area contributed by atoms with Crippen LogP contribution in [-0.2, 0) is 12.8 Å². The molecule has 0 bridgehead atoms. The van der Waals surface area contributed by atoms with Gasteiger partial charge in [-0.1, -0.05) is 32.0 Å². The van der Waals surface area contributed by atoms with Crippen molar-refractivity contribution in [2.24, 2.45) is 5.92 Å². The summed E-state index contributed by atoms with van der Waals surface area (Å²) >= 11 is 0. The molecular formula is C16H20N4. The molecule has 1 aromatic heterocycles. The van der Waals surface area contributed by atoms with E-state index in [1.54, 1.807) is 6.33 Å². The maximum Gasteiger partial charge on any atom is 0.141 e. The second kappa shape index (κ2) is 5.12. The summed E-state index contributed by atoms with van der Waals surface area (Å²) in [6, 6.07) is 8.55. The van der Waals surface area contributed by atoms with Gasteiger partial charge in [-0.15, -0.1) is 0 Å². The lowest BCUT2D eigenvalue weighted by molar-refractivity contribution is 0.559. The minimum atomic E-state index is 0.591. The fourth-order valence-corrected chi connectivity index (χ4v) is 2.99. The lowest BCUT2D eigenvalue weighted by Crippen LogP contribution is -2.32. The molecule has 1 aliphatic rings. The number of rotatable bonds is 2. The molecule has 20 heavy (non-hydrogen) atoms. The van der Waals surface area contributed by atoms with Crippen LogP contribution in [0.3, 0.4) is 0 Å². The second-order valence-corrected chi connectivity index (χ2v) is 5.46. The van der Waals surface area contributed by atoms with Gasteiger partial charge in [-0.2, -0.15) is 0 Å². The van der Waals surface area contributed by atoms with Gasteiger partial charge in [0.1, 0.15) is 18.0 Å². The molecule has 0 fully saturated rings. The average molecular weight is 268 g/mol. The fraction of sp³-hybridized carbons (Fsp3) is 0.375. The van der Waals surface area contributed by atoms with E-state index in [2.05, 4.69) is 53.0 Å². The lowest BCUT2D eigenvalue weighted by Gasteiger charge is -2.35. The van der Waals surface area contributed by atoms with Crippen LogP contribution in [0.15, 0.2) is 30.6 Å². The first-order valence-corrected chi connectivity index (χ1v) is 7.15. The van der Waals surface area contributed by atoms with Gasteiger partial charge in [0.05, 0.1) is 0 Å². The van der Waals surface area contributed by atoms with Gasteiger partial charge in [-0.25, -0.2) is 9.97 Å². The molecule has 0 radical (unpaired) electrons. The van der Waals surface area contributed by atoms with Crippen molar-refractivity contribution in [2.45, 2.75) is 26.7 Å². The molecule has 0 saturated heterocycles. The Morgan fingerprint density at radius 3 is 2.90 bits per heavy atom. The summed E-state index contributed by atoms with van der Waals surface area (Å²) in [6.45, 7) is 5.34. The highest BCUT2D eigenvalue weighted by Gasteiger charge is 2.25. The highest BCUT2D eigenvalue weighted by atomic mass is 15.2. The minimum Gasteiger partial charge on any atom is -0.383 e. The Labute approximate surface area is 119 Å². The standard InChI is InChI=1S/C16H20N4/c1-3-13-15(17)18-10-19-16(13)20-9-11(2)8-12-6-4-5-7-14(12)20/h4-7,10-11H,3,8-9H2,1-2H3,(H2,17,18,19). The molecule has 1 atom stereocenters. The molecule has 2 aromatic rings. The van der Waals surface area contributed by atoms with Gasteiger partial charge in [-0.3, -0.25) is 0 Å². The Balaban J connectivity index is 2.13. The summed E-state index contributed by atoms with van der Waals surface area (Å²) in [6.07, 6.45) is 3.52. The number of anilines is 3. The largest absolute Gasteiger partial charge is 0.383 e. The van der Waals surface area contributed by atoms with Gasteiger partial charge in [0.15, 0.2) is 0 Å². The fourth-order valence-electron chi connectivity index (χ4n) is 2.99. The molecule has 0 amide bonds. The Morgan fingerprint density at radius 1 is 1.30 bits per heavy atom. The summed E-state index contributed by atoms with van der Waals surface area (Å²) in [5, 5.41) is 0. The molecule has 2 N–H and O–H groups in total. The first kappa shape index (κ1) is 12.9. The third kappa shape index (κ3) is 2.11. The molecule has 3 rings (SSSR count). The summed E-state index contributed by atoms with van der Waals surface area (Å²) in [5.74, 6) is 2.15. The monoisotopic (exact) mass is 268 g/mol. The molecule has 4 nitrogen and oxygen atoms in total. The van der Waals surface area contributed by atoms with Crippen LogP contribution in [0.2, 0.25) is 0 Å². The number of nitrogens with two attached hydrogens (primary N) is 1. The van der Waals surface area contributed by atoms with E-state index >= 15 is 0 Å². The van der Waals surface area contributed by atoms with E-state index in [-0.39, 0.29) is 0 Å². The van der Waals surface area contributed by atoms with Gasteiger partial charge in [-0.05, 0) is 30.4 Å². The van der Waals surface area contributed by atoms with E-state index in [4.69, 9.17) is 5.73 Å². The Morgan fingerprint density at radius 2 is 2.10 bits per heavy atom. The summed E-state index contributed by atoms with van der Waals surface area (Å²) in [7, 11) is 0. The predicted octanol–water partition coefficient (Wildman–Crippen LogP) is 2.95. The molecule has 104 valence electrons. The molecular weight excluding hydrogens is 248 g/mol. The Hall–Kier alpha value is -2.10. The van der Waals surface area contributed by atoms with Gasteiger partial charge in [0, 0.05) is 17.8 Å². The van der Waals surface area contributed by atoms with Crippen LogP contribution >= 0.6 is 0 Å². The second-order valence-electron chi connectivity index (χ2n) is 5.46. The van der Waals surface area contributed by atoms with Crippen LogP contribution in [-0.4, -0.2) is 16.5 Å². The number of benzene rings is 1. The van der Waals surface area contributed by atoms with Crippen LogP contribution in [0.1, 0.15) is 25.0 Å². The van der Waals surface area contributed by atoms with Gasteiger partial charge >= 0.3 is 0 Å². The van der Waals surface area contributed by atoms with Crippen molar-refractivity contribution in [1.82, 2.24) is 9.97 Å². The number of hydrogen-bond acceptors (Lipinski definition) is 4. The highest BCUT2D eigenvalue weighted by molar-refractivity contribution is 5.70. The van der Waals surface area contributed by atoms with Crippen molar-refractivity contribution in [3.8, 4) is 0 Å². The number of fused-ring (bicyclic) bond motifs is 1. The van der Waals surface area contributed by atoms with Crippen LogP contribution in [0.5, 0.6) is 0 Å². The van der Waals surface area contributed by atoms with Gasteiger partial charge in [0.2, 0.25) is 0 Å². The lowest BCUT2D eigenvalue weighted by atomic mass is 9.93. The number of nitrogen functional groups attached to an aromatic ring is 1. The first-order valence-electron chi connectivity index (χ1n) is 7.15. The molecule has 1 aliphatic heterocycles.